The van der Waals surface area contributed by atoms with Crippen LogP contribution < -0.4 is 10.5 Å². The normalized spacial score (nSPS) is 15.3. The molecule has 0 aliphatic heterocycles. The third-order valence-corrected chi connectivity index (χ3v) is 4.17. The number of nitrogens with one attached hydrogen (secondary N) is 1. The molecule has 1 aromatic rings. The number of nitrogen functional groups attached to an aromatic ring is 1. The van der Waals surface area contributed by atoms with Crippen LogP contribution in [-0.4, -0.2) is 25.7 Å². The van der Waals surface area contributed by atoms with Crippen LogP contribution in [0.5, 0.6) is 0 Å². The van der Waals surface area contributed by atoms with Gasteiger partial charge in [0.05, 0.1) is 16.2 Å². The minimum Gasteiger partial charge on any atom is -0.396 e. The van der Waals surface area contributed by atoms with E-state index in [0.29, 0.717) is 6.42 Å². The van der Waals surface area contributed by atoms with E-state index in [-0.39, 0.29) is 23.0 Å². The molecule has 114 valence electrons. The smallest absolute Gasteiger partial charge is 0.240 e. The van der Waals surface area contributed by atoms with Gasteiger partial charge in [-0.05, 0) is 37.5 Å². The van der Waals surface area contributed by atoms with Crippen LogP contribution in [0, 0.1) is 11.7 Å². The Hall–Kier alpha value is -1.18. The minimum absolute atomic E-state index is 0.115. The fraction of sp³-hybridized carbons (Fsp3) is 0.538. The largest absolute Gasteiger partial charge is 0.396 e. The first kappa shape index (κ1) is 16.9. The summed E-state index contributed by atoms with van der Waals surface area (Å²) in [5, 5.41) is 10.1. The van der Waals surface area contributed by atoms with Crippen molar-refractivity contribution in [3.05, 3.63) is 24.0 Å². The molecule has 1 unspecified atom stereocenters. The number of halogens is 1. The average Bonchev–Trinajstić information content (AvgIpc) is 2.29. The van der Waals surface area contributed by atoms with Crippen LogP contribution in [0.25, 0.3) is 0 Å². The van der Waals surface area contributed by atoms with Gasteiger partial charge in [0.25, 0.3) is 0 Å². The van der Waals surface area contributed by atoms with Gasteiger partial charge in [-0.2, -0.15) is 0 Å². The third-order valence-electron chi connectivity index (χ3n) is 2.77. The zero-order chi connectivity index (χ0) is 15.6. The lowest BCUT2D eigenvalue weighted by Crippen LogP contribution is -2.41. The van der Waals surface area contributed by atoms with Crippen LogP contribution in [-0.2, 0) is 10.0 Å². The monoisotopic (exact) mass is 304 g/mol. The number of anilines is 1. The molecule has 4 N–H and O–H groups in total. The van der Waals surface area contributed by atoms with Crippen LogP contribution in [0.4, 0.5) is 10.1 Å². The van der Waals surface area contributed by atoms with Gasteiger partial charge < -0.3 is 10.8 Å². The van der Waals surface area contributed by atoms with E-state index in [4.69, 9.17) is 5.73 Å². The summed E-state index contributed by atoms with van der Waals surface area (Å²) in [6.07, 6.45) is 0.450. The van der Waals surface area contributed by atoms with Crippen molar-refractivity contribution in [2.24, 2.45) is 5.92 Å². The highest BCUT2D eigenvalue weighted by Crippen LogP contribution is 2.18. The van der Waals surface area contributed by atoms with Crippen LogP contribution in [0.15, 0.2) is 23.1 Å². The summed E-state index contributed by atoms with van der Waals surface area (Å²) in [5.41, 5.74) is 4.03. The van der Waals surface area contributed by atoms with E-state index >= 15 is 0 Å². The summed E-state index contributed by atoms with van der Waals surface area (Å²) in [7, 11) is -3.87. The summed E-state index contributed by atoms with van der Waals surface area (Å²) in [6, 6.07) is 3.27. The molecule has 0 saturated heterocycles. The zero-order valence-corrected chi connectivity index (χ0v) is 12.7. The van der Waals surface area contributed by atoms with Gasteiger partial charge in [-0.1, -0.05) is 13.8 Å². The van der Waals surface area contributed by atoms with Gasteiger partial charge in [0, 0.05) is 6.54 Å². The predicted molar refractivity (Wildman–Crippen MR) is 76.1 cm³/mol. The van der Waals surface area contributed by atoms with E-state index in [1.165, 1.54) is 12.1 Å². The minimum atomic E-state index is -3.87. The SMILES string of the molecule is CC(C)CC(C)(O)CNS(=O)(=O)c1ccc(N)c(F)c1. The van der Waals surface area contributed by atoms with Gasteiger partial charge >= 0.3 is 0 Å². The fourth-order valence-corrected chi connectivity index (χ4v) is 3.13. The van der Waals surface area contributed by atoms with Gasteiger partial charge in [-0.15, -0.1) is 0 Å². The van der Waals surface area contributed by atoms with Crippen molar-refractivity contribution in [2.45, 2.75) is 37.7 Å². The number of hydrogen-bond donors (Lipinski definition) is 3. The summed E-state index contributed by atoms with van der Waals surface area (Å²) in [5.74, 6) is -0.565. The lowest BCUT2D eigenvalue weighted by Gasteiger charge is -2.25. The molecule has 1 aromatic carbocycles. The fourth-order valence-electron chi connectivity index (χ4n) is 1.96. The molecule has 0 saturated carbocycles. The van der Waals surface area contributed by atoms with Gasteiger partial charge in [0.2, 0.25) is 10.0 Å². The maximum absolute atomic E-state index is 13.3. The van der Waals surface area contributed by atoms with Crippen molar-refractivity contribution >= 4 is 15.7 Å². The first-order valence-corrected chi connectivity index (χ1v) is 7.79. The van der Waals surface area contributed by atoms with Crippen LogP contribution in [0.1, 0.15) is 27.2 Å². The van der Waals surface area contributed by atoms with Crippen LogP contribution >= 0.6 is 0 Å². The summed E-state index contributed by atoms with van der Waals surface area (Å²) < 4.78 is 39.6. The van der Waals surface area contributed by atoms with Gasteiger partial charge in [0.1, 0.15) is 5.82 Å². The number of nitrogens with two attached hydrogens (primary N) is 1. The number of sulfonamides is 1. The van der Waals surface area contributed by atoms with Crippen LogP contribution in [0.2, 0.25) is 0 Å². The molecule has 20 heavy (non-hydrogen) atoms. The molecule has 0 aromatic heterocycles. The van der Waals surface area contributed by atoms with Crippen molar-refractivity contribution in [3.63, 3.8) is 0 Å². The standard InChI is InChI=1S/C13H21FN2O3S/c1-9(2)7-13(3,17)8-16-20(18,19)10-4-5-12(15)11(14)6-10/h4-6,9,16-17H,7-8,15H2,1-3H3. The van der Waals surface area contributed by atoms with Gasteiger partial charge in [0.15, 0.2) is 0 Å². The molecule has 5 nitrogen and oxygen atoms in total. The molecule has 0 radical (unpaired) electrons. The van der Waals surface area contributed by atoms with E-state index in [1.54, 1.807) is 6.92 Å². The molecule has 0 aliphatic rings. The topological polar surface area (TPSA) is 92.4 Å². The number of rotatable bonds is 6. The second-order valence-electron chi connectivity index (χ2n) is 5.60. The van der Waals surface area contributed by atoms with E-state index in [9.17, 15) is 17.9 Å². The Labute approximate surface area is 119 Å². The molecule has 0 bridgehead atoms. The number of aliphatic hydroxyl groups is 1. The molecule has 1 rings (SSSR count). The maximum atomic E-state index is 13.3. The highest BCUT2D eigenvalue weighted by molar-refractivity contribution is 7.89. The molecular formula is C13H21FN2O3S. The van der Waals surface area contributed by atoms with Crippen molar-refractivity contribution in [3.8, 4) is 0 Å². The Morgan fingerprint density at radius 2 is 2.05 bits per heavy atom. The highest BCUT2D eigenvalue weighted by Gasteiger charge is 2.25. The Balaban J connectivity index is 2.82. The molecule has 7 heteroatoms. The Kier molecular flexibility index (Phi) is 5.12. The van der Waals surface area contributed by atoms with Gasteiger partial charge in [-0.3, -0.25) is 0 Å². The first-order chi connectivity index (χ1) is 9.03. The van der Waals surface area contributed by atoms with E-state index in [2.05, 4.69) is 4.72 Å². The van der Waals surface area contributed by atoms with E-state index < -0.39 is 21.4 Å². The third kappa shape index (κ3) is 4.73. The zero-order valence-electron chi connectivity index (χ0n) is 11.9. The van der Waals surface area contributed by atoms with Crippen molar-refractivity contribution in [2.75, 3.05) is 12.3 Å². The van der Waals surface area contributed by atoms with Crippen molar-refractivity contribution in [1.82, 2.24) is 4.72 Å². The molecule has 0 heterocycles. The Morgan fingerprint density at radius 1 is 1.45 bits per heavy atom. The molecule has 0 aliphatic carbocycles. The Bertz CT molecular complexity index is 571. The number of hydrogen-bond acceptors (Lipinski definition) is 4. The molecule has 0 spiro atoms. The summed E-state index contributed by atoms with van der Waals surface area (Å²) in [4.78, 5) is -0.218. The van der Waals surface area contributed by atoms with E-state index in [0.717, 1.165) is 6.07 Å². The highest BCUT2D eigenvalue weighted by atomic mass is 32.2. The Morgan fingerprint density at radius 3 is 2.55 bits per heavy atom. The average molecular weight is 304 g/mol. The van der Waals surface area contributed by atoms with Crippen molar-refractivity contribution in [1.29, 1.82) is 0 Å². The molecule has 0 amide bonds. The summed E-state index contributed by atoms with van der Waals surface area (Å²) >= 11 is 0. The lowest BCUT2D eigenvalue weighted by atomic mass is 9.95. The van der Waals surface area contributed by atoms with Gasteiger partial charge in [-0.25, -0.2) is 17.5 Å². The molecular weight excluding hydrogens is 283 g/mol. The second-order valence-corrected chi connectivity index (χ2v) is 7.37. The maximum Gasteiger partial charge on any atom is 0.240 e. The van der Waals surface area contributed by atoms with Crippen molar-refractivity contribution < 1.29 is 17.9 Å². The molecule has 1 atom stereocenters. The predicted octanol–water partition coefficient (Wildman–Crippen LogP) is 1.48. The van der Waals surface area contributed by atoms with Crippen LogP contribution in [0.3, 0.4) is 0 Å². The number of benzene rings is 1. The first-order valence-electron chi connectivity index (χ1n) is 6.30. The lowest BCUT2D eigenvalue weighted by molar-refractivity contribution is 0.0437. The van der Waals surface area contributed by atoms with E-state index in [1.807, 2.05) is 13.8 Å². The quantitative estimate of drug-likeness (QED) is 0.694. The molecule has 0 fully saturated rings. The summed E-state index contributed by atoms with van der Waals surface area (Å²) in [6.45, 7) is 5.27. The second kappa shape index (κ2) is 6.07.